The second-order valence-corrected chi connectivity index (χ2v) is 7.23. The van der Waals surface area contributed by atoms with E-state index in [0.717, 1.165) is 42.2 Å². The predicted molar refractivity (Wildman–Crippen MR) is 103 cm³/mol. The molecule has 6 nitrogen and oxygen atoms in total. The lowest BCUT2D eigenvalue weighted by Gasteiger charge is -2.31. The molecule has 26 heavy (non-hydrogen) atoms. The number of rotatable bonds is 6. The average molecular weight is 375 g/mol. The number of carbonyl (C=O) groups is 1. The molecule has 7 heteroatoms. The van der Waals surface area contributed by atoms with Gasteiger partial charge in [-0.1, -0.05) is 0 Å². The zero-order valence-electron chi connectivity index (χ0n) is 15.4. The maximum absolute atomic E-state index is 12.6. The van der Waals surface area contributed by atoms with E-state index in [-0.39, 0.29) is 5.91 Å². The van der Waals surface area contributed by atoms with Gasteiger partial charge in [0, 0.05) is 24.0 Å². The first-order valence-electron chi connectivity index (χ1n) is 8.75. The van der Waals surface area contributed by atoms with E-state index in [1.807, 2.05) is 35.5 Å². The highest BCUT2D eigenvalue weighted by molar-refractivity contribution is 7.13. The lowest BCUT2D eigenvalue weighted by Crippen LogP contribution is -2.44. The maximum Gasteiger partial charge on any atom is 0.228 e. The van der Waals surface area contributed by atoms with Crippen LogP contribution in [0.5, 0.6) is 11.5 Å². The van der Waals surface area contributed by atoms with E-state index < -0.39 is 0 Å². The van der Waals surface area contributed by atoms with Crippen molar-refractivity contribution in [2.45, 2.75) is 25.3 Å². The molecular formula is C19H25N3O3S. The highest BCUT2D eigenvalue weighted by Gasteiger charge is 2.22. The zero-order valence-corrected chi connectivity index (χ0v) is 16.3. The highest BCUT2D eigenvalue weighted by atomic mass is 32.1. The molecule has 1 saturated heterocycles. The molecule has 1 aliphatic rings. The quantitative estimate of drug-likeness (QED) is 0.841. The number of ether oxygens (including phenoxy) is 2. The first kappa shape index (κ1) is 18.7. The molecule has 1 amide bonds. The standard InChI is InChI=1S/C19H25N3O3S/c1-22(15-6-8-20-9-7-15)18(23)11-14-12-26-19(21-14)13-4-5-16(24-2)17(10-13)25-3/h4-5,10,12,15,20H,6-9,11H2,1-3H3. The summed E-state index contributed by atoms with van der Waals surface area (Å²) in [6, 6.07) is 6.05. The molecule has 0 bridgehead atoms. The van der Waals surface area contributed by atoms with Crippen LogP contribution in [0.2, 0.25) is 0 Å². The number of thiazole rings is 1. The molecular weight excluding hydrogens is 350 g/mol. The van der Waals surface area contributed by atoms with Crippen LogP contribution in [0.1, 0.15) is 18.5 Å². The fourth-order valence-corrected chi connectivity index (χ4v) is 3.98. The van der Waals surface area contributed by atoms with Gasteiger partial charge in [0.05, 0.1) is 26.3 Å². The Labute approximate surface area is 158 Å². The molecule has 1 aromatic carbocycles. The van der Waals surface area contributed by atoms with Crippen LogP contribution in [0, 0.1) is 0 Å². The van der Waals surface area contributed by atoms with Gasteiger partial charge in [-0.2, -0.15) is 0 Å². The molecule has 2 heterocycles. The van der Waals surface area contributed by atoms with Crippen LogP contribution >= 0.6 is 11.3 Å². The van der Waals surface area contributed by atoms with Crippen molar-refractivity contribution in [2.75, 3.05) is 34.4 Å². The number of amides is 1. The van der Waals surface area contributed by atoms with Crippen molar-refractivity contribution in [3.63, 3.8) is 0 Å². The van der Waals surface area contributed by atoms with Crippen molar-refractivity contribution >= 4 is 17.2 Å². The van der Waals surface area contributed by atoms with E-state index in [9.17, 15) is 4.79 Å². The third-order valence-electron chi connectivity index (χ3n) is 4.76. The van der Waals surface area contributed by atoms with Crippen molar-refractivity contribution in [2.24, 2.45) is 0 Å². The second kappa shape index (κ2) is 8.51. The number of nitrogens with one attached hydrogen (secondary N) is 1. The Morgan fingerprint density at radius 2 is 2.00 bits per heavy atom. The number of carbonyl (C=O) groups excluding carboxylic acids is 1. The smallest absolute Gasteiger partial charge is 0.228 e. The molecule has 1 aliphatic heterocycles. The first-order chi connectivity index (χ1) is 12.6. The summed E-state index contributed by atoms with van der Waals surface area (Å²) in [6.45, 7) is 1.95. The molecule has 0 radical (unpaired) electrons. The van der Waals surface area contributed by atoms with Gasteiger partial charge in [0.15, 0.2) is 11.5 Å². The van der Waals surface area contributed by atoms with Gasteiger partial charge in [-0.25, -0.2) is 4.98 Å². The largest absolute Gasteiger partial charge is 0.493 e. The lowest BCUT2D eigenvalue weighted by atomic mass is 10.0. The predicted octanol–water partition coefficient (Wildman–Crippen LogP) is 2.58. The fraction of sp³-hybridized carbons (Fsp3) is 0.474. The monoisotopic (exact) mass is 375 g/mol. The van der Waals surface area contributed by atoms with Crippen molar-refractivity contribution in [3.05, 3.63) is 29.3 Å². The summed E-state index contributed by atoms with van der Waals surface area (Å²) < 4.78 is 10.6. The summed E-state index contributed by atoms with van der Waals surface area (Å²) in [5, 5.41) is 6.16. The van der Waals surface area contributed by atoms with Gasteiger partial charge < -0.3 is 19.7 Å². The molecule has 0 unspecified atom stereocenters. The van der Waals surface area contributed by atoms with Gasteiger partial charge in [-0.15, -0.1) is 11.3 Å². The van der Waals surface area contributed by atoms with Crippen molar-refractivity contribution in [1.82, 2.24) is 15.2 Å². The number of nitrogens with zero attached hydrogens (tertiary/aromatic N) is 2. The van der Waals surface area contributed by atoms with E-state index in [1.165, 1.54) is 11.3 Å². The molecule has 2 aromatic rings. The molecule has 1 fully saturated rings. The van der Waals surface area contributed by atoms with Crippen LogP contribution in [0.4, 0.5) is 0 Å². The number of likely N-dealkylation sites (N-methyl/N-ethyl adjacent to an activating group) is 1. The minimum atomic E-state index is 0.126. The fourth-order valence-electron chi connectivity index (χ4n) is 3.17. The Morgan fingerprint density at radius 1 is 1.27 bits per heavy atom. The number of hydrogen-bond donors (Lipinski definition) is 1. The number of hydrogen-bond acceptors (Lipinski definition) is 6. The van der Waals surface area contributed by atoms with Gasteiger partial charge in [-0.3, -0.25) is 4.79 Å². The third-order valence-corrected chi connectivity index (χ3v) is 5.70. The van der Waals surface area contributed by atoms with Crippen LogP contribution in [0.3, 0.4) is 0 Å². The van der Waals surface area contributed by atoms with Crippen molar-refractivity contribution < 1.29 is 14.3 Å². The van der Waals surface area contributed by atoms with Crippen LogP contribution in [0.15, 0.2) is 23.6 Å². The molecule has 3 rings (SSSR count). The summed E-state index contributed by atoms with van der Waals surface area (Å²) in [5.41, 5.74) is 1.77. The Balaban J connectivity index is 1.68. The number of methoxy groups -OCH3 is 2. The molecule has 1 N–H and O–H groups in total. The van der Waals surface area contributed by atoms with E-state index in [2.05, 4.69) is 10.3 Å². The average Bonchev–Trinajstić information content (AvgIpc) is 3.15. The lowest BCUT2D eigenvalue weighted by molar-refractivity contribution is -0.131. The highest BCUT2D eigenvalue weighted by Crippen LogP contribution is 2.33. The van der Waals surface area contributed by atoms with Crippen molar-refractivity contribution in [3.8, 4) is 22.1 Å². The zero-order chi connectivity index (χ0) is 18.5. The van der Waals surface area contributed by atoms with Gasteiger partial charge >= 0.3 is 0 Å². The van der Waals surface area contributed by atoms with E-state index in [1.54, 1.807) is 14.2 Å². The van der Waals surface area contributed by atoms with Crippen LogP contribution in [-0.2, 0) is 11.2 Å². The Hall–Kier alpha value is -2.12. The van der Waals surface area contributed by atoms with Gasteiger partial charge in [-0.05, 0) is 44.1 Å². The van der Waals surface area contributed by atoms with Gasteiger partial charge in [0.1, 0.15) is 5.01 Å². The third kappa shape index (κ3) is 4.16. The summed E-state index contributed by atoms with van der Waals surface area (Å²) >= 11 is 1.54. The molecule has 0 atom stereocenters. The Morgan fingerprint density at radius 3 is 2.69 bits per heavy atom. The summed E-state index contributed by atoms with van der Waals surface area (Å²) in [4.78, 5) is 19.1. The second-order valence-electron chi connectivity index (χ2n) is 6.38. The van der Waals surface area contributed by atoms with E-state index in [0.29, 0.717) is 24.0 Å². The number of piperidine rings is 1. The Bertz CT molecular complexity index is 756. The summed E-state index contributed by atoms with van der Waals surface area (Å²) in [7, 11) is 5.13. The minimum absolute atomic E-state index is 0.126. The minimum Gasteiger partial charge on any atom is -0.493 e. The van der Waals surface area contributed by atoms with E-state index >= 15 is 0 Å². The van der Waals surface area contributed by atoms with E-state index in [4.69, 9.17) is 9.47 Å². The molecule has 0 aliphatic carbocycles. The molecule has 1 aromatic heterocycles. The first-order valence-corrected chi connectivity index (χ1v) is 9.63. The van der Waals surface area contributed by atoms with Crippen LogP contribution < -0.4 is 14.8 Å². The molecule has 0 saturated carbocycles. The summed E-state index contributed by atoms with van der Waals surface area (Å²) in [5.74, 6) is 1.48. The van der Waals surface area contributed by atoms with Crippen LogP contribution in [-0.4, -0.2) is 56.2 Å². The summed E-state index contributed by atoms with van der Waals surface area (Å²) in [6.07, 6.45) is 2.36. The number of aromatic nitrogens is 1. The van der Waals surface area contributed by atoms with Crippen molar-refractivity contribution in [1.29, 1.82) is 0 Å². The topological polar surface area (TPSA) is 63.7 Å². The van der Waals surface area contributed by atoms with Crippen LogP contribution in [0.25, 0.3) is 10.6 Å². The van der Waals surface area contributed by atoms with Gasteiger partial charge in [0.2, 0.25) is 5.91 Å². The normalized spacial score (nSPS) is 14.9. The van der Waals surface area contributed by atoms with Gasteiger partial charge in [0.25, 0.3) is 0 Å². The Kier molecular flexibility index (Phi) is 6.11. The SMILES string of the molecule is COc1ccc(-c2nc(CC(=O)N(C)C3CCNCC3)cs2)cc1OC. The number of benzene rings is 1. The molecule has 0 spiro atoms. The molecule has 140 valence electrons. The maximum atomic E-state index is 12.6.